The molecule has 0 radical (unpaired) electrons. The number of piperidine rings is 1. The molecule has 1 N–H and O–H groups in total. The van der Waals surface area contributed by atoms with E-state index in [1.807, 2.05) is 46.2 Å². The van der Waals surface area contributed by atoms with Crippen LogP contribution in [0.15, 0.2) is 48.5 Å². The second-order valence-electron chi connectivity index (χ2n) is 8.55. The summed E-state index contributed by atoms with van der Waals surface area (Å²) in [7, 11) is 3.13. The molecule has 33 heavy (non-hydrogen) atoms. The highest BCUT2D eigenvalue weighted by molar-refractivity contribution is 5.94. The fraction of sp³-hybridized carbons (Fsp3) is 0.385. The zero-order valence-electron chi connectivity index (χ0n) is 19.1. The summed E-state index contributed by atoms with van der Waals surface area (Å²) in [6.45, 7) is 2.69. The topological polar surface area (TPSA) is 71.1 Å². The van der Waals surface area contributed by atoms with Gasteiger partial charge in [-0.1, -0.05) is 30.2 Å². The van der Waals surface area contributed by atoms with Crippen molar-refractivity contribution < 1.29 is 19.1 Å². The van der Waals surface area contributed by atoms with Gasteiger partial charge >= 0.3 is 6.03 Å². The van der Waals surface area contributed by atoms with E-state index in [0.29, 0.717) is 43.4 Å². The molecule has 7 nitrogen and oxygen atoms in total. The predicted octanol–water partition coefficient (Wildman–Crippen LogP) is 3.60. The summed E-state index contributed by atoms with van der Waals surface area (Å²) in [5.74, 6) is 6.68. The van der Waals surface area contributed by atoms with Crippen molar-refractivity contribution >= 4 is 17.6 Å². The predicted molar refractivity (Wildman–Crippen MR) is 126 cm³/mol. The van der Waals surface area contributed by atoms with E-state index in [1.54, 1.807) is 26.4 Å². The first-order valence-electron chi connectivity index (χ1n) is 11.2. The normalized spacial score (nSPS) is 16.7. The quantitative estimate of drug-likeness (QED) is 0.730. The van der Waals surface area contributed by atoms with Crippen molar-refractivity contribution in [3.8, 4) is 23.3 Å². The van der Waals surface area contributed by atoms with Gasteiger partial charge in [0.25, 0.3) is 5.91 Å². The molecule has 2 saturated heterocycles. The molecule has 2 heterocycles. The molecule has 2 aliphatic rings. The second-order valence-corrected chi connectivity index (χ2v) is 8.55. The summed E-state index contributed by atoms with van der Waals surface area (Å²) in [6, 6.07) is 14.8. The first-order valence-corrected chi connectivity index (χ1v) is 11.2. The number of para-hydroxylation sites is 1. The standard InChI is InChI=1S/C26H29N3O4/c1-32-21-9-6-10-22(33-2)24(21)27-25(31)29-18-15-26(19-29)13-16-28(17-14-26)23(30)12-11-20-7-4-3-5-8-20/h3-10H,13-19H2,1-2H3,(H,27,31). The number of nitrogens with zero attached hydrogens (tertiary/aromatic N) is 2. The van der Waals surface area contributed by atoms with Crippen LogP contribution in [0, 0.1) is 17.3 Å². The average Bonchev–Trinajstić information content (AvgIpc) is 3.27. The molecule has 172 valence electrons. The number of hydrogen-bond acceptors (Lipinski definition) is 4. The van der Waals surface area contributed by atoms with Crippen molar-refractivity contribution in [2.45, 2.75) is 19.3 Å². The first-order chi connectivity index (χ1) is 16.0. The number of likely N-dealkylation sites (tertiary alicyclic amines) is 2. The van der Waals surface area contributed by atoms with Crippen LogP contribution in [-0.2, 0) is 4.79 Å². The monoisotopic (exact) mass is 447 g/mol. The van der Waals surface area contributed by atoms with Crippen molar-refractivity contribution in [1.82, 2.24) is 9.80 Å². The minimum atomic E-state index is -0.165. The summed E-state index contributed by atoms with van der Waals surface area (Å²) in [6.07, 6.45) is 2.67. The van der Waals surface area contributed by atoms with E-state index in [2.05, 4.69) is 17.2 Å². The van der Waals surface area contributed by atoms with E-state index in [9.17, 15) is 9.59 Å². The maximum absolute atomic E-state index is 13.0. The van der Waals surface area contributed by atoms with Crippen LogP contribution in [-0.4, -0.2) is 62.1 Å². The fourth-order valence-corrected chi connectivity index (χ4v) is 4.59. The number of anilines is 1. The third kappa shape index (κ3) is 5.06. The van der Waals surface area contributed by atoms with Gasteiger partial charge in [-0.05, 0) is 48.9 Å². The van der Waals surface area contributed by atoms with Crippen molar-refractivity contribution in [3.05, 3.63) is 54.1 Å². The summed E-state index contributed by atoms with van der Waals surface area (Å²) < 4.78 is 10.8. The Morgan fingerprint density at radius 3 is 2.09 bits per heavy atom. The van der Waals surface area contributed by atoms with Crippen molar-refractivity contribution in [1.29, 1.82) is 0 Å². The highest BCUT2D eigenvalue weighted by Gasteiger charge is 2.42. The number of rotatable bonds is 3. The number of carbonyl (C=O) groups is 2. The lowest BCUT2D eigenvalue weighted by Crippen LogP contribution is -2.44. The van der Waals surface area contributed by atoms with Crippen LogP contribution >= 0.6 is 0 Å². The SMILES string of the molecule is COc1cccc(OC)c1NC(=O)N1CCC2(CCN(C(=O)C#Cc3ccccc3)CC2)C1. The van der Waals surface area contributed by atoms with Crippen LogP contribution < -0.4 is 14.8 Å². The van der Waals surface area contributed by atoms with Crippen LogP contribution in [0.25, 0.3) is 0 Å². The number of benzene rings is 2. The van der Waals surface area contributed by atoms with Crippen molar-refractivity contribution in [3.63, 3.8) is 0 Å². The summed E-state index contributed by atoms with van der Waals surface area (Å²) in [5, 5.41) is 2.96. The molecule has 4 rings (SSSR count). The molecule has 0 bridgehead atoms. The molecule has 3 amide bonds. The minimum Gasteiger partial charge on any atom is -0.494 e. The molecule has 0 aliphatic carbocycles. The largest absolute Gasteiger partial charge is 0.494 e. The van der Waals surface area contributed by atoms with Crippen molar-refractivity contribution in [2.75, 3.05) is 45.7 Å². The molecule has 0 atom stereocenters. The Bertz CT molecular complexity index is 1040. The second kappa shape index (κ2) is 9.86. The average molecular weight is 448 g/mol. The van der Waals surface area contributed by atoms with E-state index in [0.717, 1.165) is 24.8 Å². The van der Waals surface area contributed by atoms with Crippen LogP contribution in [0.1, 0.15) is 24.8 Å². The lowest BCUT2D eigenvalue weighted by Gasteiger charge is -2.38. The molecule has 2 fully saturated rings. The number of methoxy groups -OCH3 is 2. The highest BCUT2D eigenvalue weighted by Crippen LogP contribution is 2.41. The Kier molecular flexibility index (Phi) is 6.74. The van der Waals surface area contributed by atoms with Gasteiger partial charge in [-0.15, -0.1) is 0 Å². The van der Waals surface area contributed by atoms with Crippen LogP contribution in [0.2, 0.25) is 0 Å². The van der Waals surface area contributed by atoms with E-state index < -0.39 is 0 Å². The molecule has 2 aromatic carbocycles. The third-order valence-electron chi connectivity index (χ3n) is 6.58. The zero-order chi connectivity index (χ0) is 23.3. The zero-order valence-corrected chi connectivity index (χ0v) is 19.1. The molecule has 2 aromatic rings. The molecule has 2 aliphatic heterocycles. The van der Waals surface area contributed by atoms with Crippen LogP contribution in [0.3, 0.4) is 0 Å². The Morgan fingerprint density at radius 2 is 1.48 bits per heavy atom. The van der Waals surface area contributed by atoms with Gasteiger partial charge in [0.2, 0.25) is 0 Å². The lowest BCUT2D eigenvalue weighted by molar-refractivity contribution is -0.127. The molecule has 1 spiro atoms. The van der Waals surface area contributed by atoms with Gasteiger partial charge in [0.05, 0.1) is 14.2 Å². The number of hydrogen-bond donors (Lipinski definition) is 1. The van der Waals surface area contributed by atoms with Gasteiger partial charge in [-0.3, -0.25) is 4.79 Å². The number of ether oxygens (including phenoxy) is 2. The van der Waals surface area contributed by atoms with E-state index in [-0.39, 0.29) is 17.4 Å². The maximum Gasteiger partial charge on any atom is 0.322 e. The Morgan fingerprint density at radius 1 is 0.879 bits per heavy atom. The molecule has 0 unspecified atom stereocenters. The maximum atomic E-state index is 13.0. The number of urea groups is 1. The van der Waals surface area contributed by atoms with E-state index in [1.165, 1.54) is 0 Å². The first kappa shape index (κ1) is 22.5. The summed E-state index contributed by atoms with van der Waals surface area (Å²) in [4.78, 5) is 29.2. The molecular formula is C26H29N3O4. The highest BCUT2D eigenvalue weighted by atomic mass is 16.5. The molecule has 0 aromatic heterocycles. The Balaban J connectivity index is 1.34. The van der Waals surface area contributed by atoms with Crippen molar-refractivity contribution in [2.24, 2.45) is 5.41 Å². The smallest absolute Gasteiger partial charge is 0.322 e. The molecule has 7 heteroatoms. The number of carbonyl (C=O) groups excluding carboxylic acids is 2. The number of nitrogens with one attached hydrogen (secondary N) is 1. The van der Waals surface area contributed by atoms with Gasteiger partial charge in [0.15, 0.2) is 0 Å². The summed E-state index contributed by atoms with van der Waals surface area (Å²) in [5.41, 5.74) is 1.42. The molecule has 0 saturated carbocycles. The minimum absolute atomic E-state index is 0.0475. The van der Waals surface area contributed by atoms with Crippen LogP contribution in [0.5, 0.6) is 11.5 Å². The lowest BCUT2D eigenvalue weighted by atomic mass is 9.78. The Hall–Kier alpha value is -3.66. The Labute approximate surface area is 194 Å². The van der Waals surface area contributed by atoms with E-state index in [4.69, 9.17) is 9.47 Å². The van der Waals surface area contributed by atoms with Gasteiger partial charge in [-0.25, -0.2) is 4.79 Å². The fourth-order valence-electron chi connectivity index (χ4n) is 4.59. The summed E-state index contributed by atoms with van der Waals surface area (Å²) >= 11 is 0. The van der Waals surface area contributed by atoms with Crippen LogP contribution in [0.4, 0.5) is 10.5 Å². The van der Waals surface area contributed by atoms with Gasteiger partial charge in [0.1, 0.15) is 17.2 Å². The van der Waals surface area contributed by atoms with Gasteiger partial charge in [-0.2, -0.15) is 0 Å². The van der Waals surface area contributed by atoms with E-state index >= 15 is 0 Å². The van der Waals surface area contributed by atoms with Gasteiger partial charge < -0.3 is 24.6 Å². The third-order valence-corrected chi connectivity index (χ3v) is 6.58. The number of amides is 3. The molecular weight excluding hydrogens is 418 g/mol. The van der Waals surface area contributed by atoms with Gasteiger partial charge in [0, 0.05) is 37.7 Å².